The van der Waals surface area contributed by atoms with Crippen LogP contribution in [0.4, 0.5) is 4.39 Å². The van der Waals surface area contributed by atoms with Gasteiger partial charge in [0.1, 0.15) is 12.8 Å². The van der Waals surface area contributed by atoms with Crippen molar-refractivity contribution >= 4 is 39.6 Å². The van der Waals surface area contributed by atoms with Crippen molar-refractivity contribution in [1.29, 1.82) is 0 Å². The van der Waals surface area contributed by atoms with E-state index in [1.807, 2.05) is 84.9 Å². The van der Waals surface area contributed by atoms with Gasteiger partial charge in [0.05, 0.1) is 21.9 Å². The van der Waals surface area contributed by atoms with Crippen LogP contribution in [0, 0.1) is 5.92 Å². The number of hydrogen-bond donors (Lipinski definition) is 0. The van der Waals surface area contributed by atoms with Gasteiger partial charge in [-0.05, 0) is 46.5 Å². The van der Waals surface area contributed by atoms with Gasteiger partial charge < -0.3 is 9.47 Å². The molecule has 1 saturated heterocycles. The second kappa shape index (κ2) is 12.6. The van der Waals surface area contributed by atoms with Gasteiger partial charge in [0.25, 0.3) is 0 Å². The van der Waals surface area contributed by atoms with Crippen LogP contribution in [0.2, 0.25) is 0 Å². The number of thioether (sulfide) groups is 1. The summed E-state index contributed by atoms with van der Waals surface area (Å²) in [5, 5.41) is -0.356. The zero-order valence-electron chi connectivity index (χ0n) is 20.9. The molecule has 0 spiro atoms. The van der Waals surface area contributed by atoms with Crippen LogP contribution in [-0.4, -0.2) is 40.7 Å². The molecule has 39 heavy (non-hydrogen) atoms. The summed E-state index contributed by atoms with van der Waals surface area (Å²) in [6.07, 6.45) is -1.25. The summed E-state index contributed by atoms with van der Waals surface area (Å²) in [6, 6.07) is 34.0. The molecule has 1 aliphatic heterocycles. The summed E-state index contributed by atoms with van der Waals surface area (Å²) < 4.78 is 25.5. The third kappa shape index (κ3) is 6.60. The minimum atomic E-state index is -1.25. The minimum Gasteiger partial charge on any atom is -0.462 e. The summed E-state index contributed by atoms with van der Waals surface area (Å²) >= 11 is 4.69. The maximum atomic E-state index is 15.0. The number of esters is 2. The maximum Gasteiger partial charge on any atom is 0.338 e. The highest BCUT2D eigenvalue weighted by atomic mass is 79.9. The fourth-order valence-corrected chi connectivity index (χ4v) is 6.95. The zero-order chi connectivity index (χ0) is 27.2. The first kappa shape index (κ1) is 27.2. The lowest BCUT2D eigenvalue weighted by molar-refractivity contribution is 0.0304. The number of carbonyl (C=O) groups is 2. The first-order chi connectivity index (χ1) is 19.0. The van der Waals surface area contributed by atoms with Gasteiger partial charge in [-0.3, -0.25) is 0 Å². The smallest absolute Gasteiger partial charge is 0.338 e. The first-order valence-electron chi connectivity index (χ1n) is 12.6. The predicted octanol–water partition coefficient (Wildman–Crippen LogP) is 7.83. The van der Waals surface area contributed by atoms with Crippen LogP contribution in [0.15, 0.2) is 109 Å². The molecule has 5 rings (SSSR count). The Morgan fingerprint density at radius 2 is 1.05 bits per heavy atom. The lowest BCUT2D eigenvalue weighted by Crippen LogP contribution is -2.31. The van der Waals surface area contributed by atoms with Crippen molar-refractivity contribution in [2.24, 2.45) is 5.92 Å². The van der Waals surface area contributed by atoms with E-state index in [2.05, 4.69) is 15.9 Å². The van der Waals surface area contributed by atoms with Crippen LogP contribution in [0.25, 0.3) is 22.3 Å². The molecule has 0 saturated carbocycles. The SMILES string of the molecule is O=C(OCC1[C@@H](COC(=O)c2ccc(-c3ccccc3)cc2)S[C@H](Br)[C@H]1F)c1ccc(-c2ccccc2)cc1. The Morgan fingerprint density at radius 3 is 1.51 bits per heavy atom. The molecule has 4 aromatic carbocycles. The van der Waals surface area contributed by atoms with E-state index in [9.17, 15) is 14.0 Å². The highest BCUT2D eigenvalue weighted by Crippen LogP contribution is 2.44. The molecule has 4 atom stereocenters. The Balaban J connectivity index is 1.16. The maximum absolute atomic E-state index is 15.0. The third-order valence-electron chi connectivity index (χ3n) is 6.68. The lowest BCUT2D eigenvalue weighted by atomic mass is 10.0. The molecule has 4 nitrogen and oxygen atoms in total. The Bertz CT molecular complexity index is 1400. The molecule has 0 amide bonds. The number of halogens is 2. The van der Waals surface area contributed by atoms with Gasteiger partial charge in [0, 0.05) is 11.2 Å². The van der Waals surface area contributed by atoms with Gasteiger partial charge in [-0.25, -0.2) is 14.0 Å². The molecule has 7 heteroatoms. The van der Waals surface area contributed by atoms with E-state index < -0.39 is 28.2 Å². The number of rotatable bonds is 8. The number of alkyl halides is 2. The normalized spacial score (nSPS) is 20.4. The molecular weight excluding hydrogens is 579 g/mol. The third-order valence-corrected chi connectivity index (χ3v) is 9.19. The van der Waals surface area contributed by atoms with Gasteiger partial charge in [-0.1, -0.05) is 101 Å². The van der Waals surface area contributed by atoms with Crippen molar-refractivity contribution in [1.82, 2.24) is 0 Å². The Hall–Kier alpha value is -3.42. The number of carbonyl (C=O) groups excluding carboxylic acids is 2. The molecule has 1 fully saturated rings. The summed E-state index contributed by atoms with van der Waals surface area (Å²) in [6.45, 7) is -0.0933. The van der Waals surface area contributed by atoms with Crippen molar-refractivity contribution in [2.45, 2.75) is 15.6 Å². The molecule has 4 aromatic rings. The molecule has 1 heterocycles. The minimum absolute atomic E-state index is 0.0143. The fraction of sp³-hybridized carbons (Fsp3) is 0.188. The molecule has 1 unspecified atom stereocenters. The summed E-state index contributed by atoms with van der Waals surface area (Å²) in [5.74, 6) is -1.60. The van der Waals surface area contributed by atoms with Gasteiger partial charge >= 0.3 is 11.9 Å². The quantitative estimate of drug-likeness (QED) is 0.151. The van der Waals surface area contributed by atoms with Gasteiger partial charge in [-0.15, -0.1) is 11.8 Å². The highest BCUT2D eigenvalue weighted by molar-refractivity contribution is 9.11. The van der Waals surface area contributed by atoms with Crippen LogP contribution in [0.5, 0.6) is 0 Å². The van der Waals surface area contributed by atoms with E-state index in [0.717, 1.165) is 22.3 Å². The number of benzene rings is 4. The molecule has 0 aliphatic carbocycles. The molecule has 0 radical (unpaired) electrons. The van der Waals surface area contributed by atoms with Gasteiger partial charge in [-0.2, -0.15) is 0 Å². The van der Waals surface area contributed by atoms with E-state index >= 15 is 0 Å². The van der Waals surface area contributed by atoms with E-state index in [0.29, 0.717) is 11.1 Å². The number of ether oxygens (including phenoxy) is 2. The summed E-state index contributed by atoms with van der Waals surface area (Å²) in [7, 11) is 0. The van der Waals surface area contributed by atoms with E-state index in [1.54, 1.807) is 24.3 Å². The summed E-state index contributed by atoms with van der Waals surface area (Å²) in [4.78, 5) is 25.4. The monoisotopic (exact) mass is 604 g/mol. The van der Waals surface area contributed by atoms with E-state index in [-0.39, 0.29) is 18.5 Å². The molecule has 0 aromatic heterocycles. The topological polar surface area (TPSA) is 52.6 Å². The van der Waals surface area contributed by atoms with E-state index in [4.69, 9.17) is 9.47 Å². The van der Waals surface area contributed by atoms with Crippen molar-refractivity contribution in [3.63, 3.8) is 0 Å². The first-order valence-corrected chi connectivity index (χ1v) is 14.4. The van der Waals surface area contributed by atoms with Crippen LogP contribution >= 0.6 is 27.7 Å². The summed E-state index contributed by atoms with van der Waals surface area (Å²) in [5.41, 5.74) is 4.91. The van der Waals surface area contributed by atoms with Crippen molar-refractivity contribution in [3.8, 4) is 22.3 Å². The second-order valence-electron chi connectivity index (χ2n) is 9.22. The second-order valence-corrected chi connectivity index (χ2v) is 12.2. The van der Waals surface area contributed by atoms with E-state index in [1.165, 1.54) is 11.8 Å². The molecule has 198 valence electrons. The van der Waals surface area contributed by atoms with Crippen LogP contribution < -0.4 is 0 Å². The molecule has 0 N–H and O–H groups in total. The fourth-order valence-electron chi connectivity index (χ4n) is 4.46. The average Bonchev–Trinajstić information content (AvgIpc) is 3.27. The largest absolute Gasteiger partial charge is 0.462 e. The molecular formula is C32H26BrFO4S. The molecule has 1 aliphatic rings. The zero-order valence-corrected chi connectivity index (χ0v) is 23.3. The van der Waals surface area contributed by atoms with Gasteiger partial charge in [0.15, 0.2) is 0 Å². The standard InChI is InChI=1S/C32H26BrFO4S/c33-30-29(34)27(19-37-31(35)25-15-11-23(12-16-25)21-7-3-1-4-8-21)28(39-30)20-38-32(36)26-17-13-24(14-18-26)22-9-5-2-6-10-22/h1-18,27-30H,19-20H2/t27?,28-,29+,30+/m1/s1. The van der Waals surface area contributed by atoms with Crippen molar-refractivity contribution in [2.75, 3.05) is 13.2 Å². The lowest BCUT2D eigenvalue weighted by Gasteiger charge is -2.20. The van der Waals surface area contributed by atoms with Crippen LogP contribution in [0.3, 0.4) is 0 Å². The average molecular weight is 606 g/mol. The van der Waals surface area contributed by atoms with Crippen molar-refractivity contribution < 1.29 is 23.5 Å². The Morgan fingerprint density at radius 1 is 0.641 bits per heavy atom. The Kier molecular flexibility index (Phi) is 8.79. The van der Waals surface area contributed by atoms with Crippen LogP contribution in [0.1, 0.15) is 20.7 Å². The molecule has 0 bridgehead atoms. The van der Waals surface area contributed by atoms with Gasteiger partial charge in [0.2, 0.25) is 0 Å². The van der Waals surface area contributed by atoms with Crippen molar-refractivity contribution in [3.05, 3.63) is 120 Å². The highest BCUT2D eigenvalue weighted by Gasteiger charge is 2.44. The van der Waals surface area contributed by atoms with Crippen LogP contribution in [-0.2, 0) is 9.47 Å². The number of hydrogen-bond acceptors (Lipinski definition) is 5. The Labute approximate surface area is 239 Å². The predicted molar refractivity (Wildman–Crippen MR) is 157 cm³/mol.